The molecule has 2 aromatic carbocycles. The van der Waals surface area contributed by atoms with Crippen LogP contribution in [0.15, 0.2) is 82.0 Å². The van der Waals surface area contributed by atoms with E-state index in [2.05, 4.69) is 15.5 Å². The molecule has 1 amide bonds. The van der Waals surface area contributed by atoms with Crippen LogP contribution in [0.25, 0.3) is 11.5 Å². The number of esters is 1. The number of aromatic nitrogens is 2. The Labute approximate surface area is 182 Å². The molecule has 0 aliphatic carbocycles. The van der Waals surface area contributed by atoms with Gasteiger partial charge in [-0.25, -0.2) is 0 Å². The number of benzene rings is 2. The van der Waals surface area contributed by atoms with Gasteiger partial charge in [0.2, 0.25) is 5.82 Å². The van der Waals surface area contributed by atoms with Crippen molar-refractivity contribution in [3.05, 3.63) is 94.4 Å². The number of carbonyl (C=O) groups is 2. The summed E-state index contributed by atoms with van der Waals surface area (Å²) in [5, 5.41) is 10.6. The van der Waals surface area contributed by atoms with E-state index in [1.165, 1.54) is 11.3 Å². The molecule has 0 spiro atoms. The number of thiophene rings is 1. The number of nitrogens with one attached hydrogen (secondary N) is 1. The van der Waals surface area contributed by atoms with Crippen LogP contribution in [0.3, 0.4) is 0 Å². The molecule has 31 heavy (non-hydrogen) atoms. The molecular formula is C23H19N3O4S. The SMILES string of the molecule is O=C(CC(NC(=O)c1ccccc1)c1ccccc1)OCc1noc(-c2ccsc2)n1. The van der Waals surface area contributed by atoms with Gasteiger partial charge in [0.1, 0.15) is 0 Å². The summed E-state index contributed by atoms with van der Waals surface area (Å²) in [4.78, 5) is 29.3. The van der Waals surface area contributed by atoms with Crippen LogP contribution in [0.5, 0.6) is 0 Å². The number of nitrogens with zero attached hydrogens (tertiary/aromatic N) is 2. The molecule has 1 unspecified atom stereocenters. The van der Waals surface area contributed by atoms with Gasteiger partial charge in [0, 0.05) is 10.9 Å². The van der Waals surface area contributed by atoms with Crippen LogP contribution in [0.1, 0.15) is 34.2 Å². The topological polar surface area (TPSA) is 94.3 Å². The molecule has 0 aliphatic rings. The Morgan fingerprint density at radius 1 is 1.03 bits per heavy atom. The third-order valence-electron chi connectivity index (χ3n) is 4.51. The fraction of sp³-hybridized carbons (Fsp3) is 0.130. The first-order chi connectivity index (χ1) is 15.2. The summed E-state index contributed by atoms with van der Waals surface area (Å²) >= 11 is 1.52. The first kappa shape index (κ1) is 20.5. The van der Waals surface area contributed by atoms with E-state index in [9.17, 15) is 9.59 Å². The first-order valence-electron chi connectivity index (χ1n) is 9.60. The van der Waals surface area contributed by atoms with Gasteiger partial charge in [0.25, 0.3) is 11.8 Å². The maximum Gasteiger partial charge on any atom is 0.308 e. The van der Waals surface area contributed by atoms with E-state index in [-0.39, 0.29) is 24.8 Å². The molecule has 156 valence electrons. The highest BCUT2D eigenvalue weighted by Gasteiger charge is 2.21. The second kappa shape index (κ2) is 9.82. The zero-order valence-corrected chi connectivity index (χ0v) is 17.2. The second-order valence-electron chi connectivity index (χ2n) is 6.70. The number of ether oxygens (including phenoxy) is 1. The predicted molar refractivity (Wildman–Crippen MR) is 115 cm³/mol. The summed E-state index contributed by atoms with van der Waals surface area (Å²) < 4.78 is 10.5. The minimum absolute atomic E-state index is 0.0299. The number of hydrogen-bond donors (Lipinski definition) is 1. The average Bonchev–Trinajstić information content (AvgIpc) is 3.50. The highest BCUT2D eigenvalue weighted by molar-refractivity contribution is 7.08. The Morgan fingerprint density at radius 3 is 2.48 bits per heavy atom. The van der Waals surface area contributed by atoms with E-state index in [0.29, 0.717) is 11.5 Å². The highest BCUT2D eigenvalue weighted by atomic mass is 32.1. The average molecular weight is 433 g/mol. The van der Waals surface area contributed by atoms with Crippen LogP contribution < -0.4 is 5.32 Å². The third-order valence-corrected chi connectivity index (χ3v) is 5.20. The molecule has 1 N–H and O–H groups in total. The zero-order valence-electron chi connectivity index (χ0n) is 16.4. The molecule has 0 radical (unpaired) electrons. The summed E-state index contributed by atoms with van der Waals surface area (Å²) in [5.41, 5.74) is 2.15. The van der Waals surface area contributed by atoms with Gasteiger partial charge < -0.3 is 14.6 Å². The normalized spacial score (nSPS) is 11.6. The molecule has 0 aliphatic heterocycles. The summed E-state index contributed by atoms with van der Waals surface area (Å²) in [6.07, 6.45) is -0.0299. The summed E-state index contributed by atoms with van der Waals surface area (Å²) in [6, 6.07) is 19.5. The van der Waals surface area contributed by atoms with Gasteiger partial charge in [-0.1, -0.05) is 53.7 Å². The summed E-state index contributed by atoms with van der Waals surface area (Å²) in [6.45, 7) is -0.111. The quantitative estimate of drug-likeness (QED) is 0.414. The van der Waals surface area contributed by atoms with Gasteiger partial charge in [-0.15, -0.1) is 0 Å². The van der Waals surface area contributed by atoms with Gasteiger partial charge in [-0.3, -0.25) is 9.59 Å². The Morgan fingerprint density at radius 2 is 1.77 bits per heavy atom. The molecule has 0 bridgehead atoms. The second-order valence-corrected chi connectivity index (χ2v) is 7.48. The molecule has 2 aromatic heterocycles. The maximum absolute atomic E-state index is 12.6. The molecule has 7 nitrogen and oxygen atoms in total. The molecule has 1 atom stereocenters. The van der Waals surface area contributed by atoms with Crippen molar-refractivity contribution in [2.75, 3.05) is 0 Å². The van der Waals surface area contributed by atoms with Crippen molar-refractivity contribution in [2.45, 2.75) is 19.1 Å². The van der Waals surface area contributed by atoms with Crippen molar-refractivity contribution in [1.29, 1.82) is 0 Å². The van der Waals surface area contributed by atoms with Gasteiger partial charge in [0.05, 0.1) is 18.0 Å². The lowest BCUT2D eigenvalue weighted by Gasteiger charge is -2.18. The van der Waals surface area contributed by atoms with Crippen LogP contribution in [-0.4, -0.2) is 22.0 Å². The minimum Gasteiger partial charge on any atom is -0.457 e. The molecule has 2 heterocycles. The fourth-order valence-corrected chi connectivity index (χ4v) is 3.59. The van der Waals surface area contributed by atoms with E-state index < -0.39 is 12.0 Å². The maximum atomic E-state index is 12.6. The van der Waals surface area contributed by atoms with E-state index in [1.54, 1.807) is 24.3 Å². The zero-order chi connectivity index (χ0) is 21.5. The lowest BCUT2D eigenvalue weighted by atomic mass is 10.0. The van der Waals surface area contributed by atoms with E-state index in [4.69, 9.17) is 9.26 Å². The first-order valence-corrected chi connectivity index (χ1v) is 10.5. The van der Waals surface area contributed by atoms with Crippen molar-refractivity contribution in [3.8, 4) is 11.5 Å². The smallest absolute Gasteiger partial charge is 0.308 e. The number of amides is 1. The van der Waals surface area contributed by atoms with E-state index in [0.717, 1.165) is 11.1 Å². The lowest BCUT2D eigenvalue weighted by molar-refractivity contribution is -0.145. The van der Waals surface area contributed by atoms with Crippen LogP contribution >= 0.6 is 11.3 Å². The van der Waals surface area contributed by atoms with Gasteiger partial charge in [0.15, 0.2) is 6.61 Å². The van der Waals surface area contributed by atoms with E-state index in [1.807, 2.05) is 53.2 Å². The molecule has 0 saturated carbocycles. The molecule has 4 aromatic rings. The van der Waals surface area contributed by atoms with Gasteiger partial charge in [-0.05, 0) is 29.1 Å². The molecule has 4 rings (SSSR count). The van der Waals surface area contributed by atoms with Crippen LogP contribution in [0, 0.1) is 0 Å². The van der Waals surface area contributed by atoms with Crippen molar-refractivity contribution in [1.82, 2.24) is 15.5 Å². The van der Waals surface area contributed by atoms with Gasteiger partial charge >= 0.3 is 5.97 Å². The fourth-order valence-electron chi connectivity index (χ4n) is 2.96. The van der Waals surface area contributed by atoms with Crippen LogP contribution in [-0.2, 0) is 16.1 Å². The Kier molecular flexibility index (Phi) is 6.49. The Hall–Kier alpha value is -3.78. The standard InChI is InChI=1S/C23H19N3O4S/c27-21(29-14-20-25-23(30-26-20)18-11-12-31-15-18)13-19(16-7-3-1-4-8-16)24-22(28)17-9-5-2-6-10-17/h1-12,15,19H,13-14H2,(H,24,28). The highest BCUT2D eigenvalue weighted by Crippen LogP contribution is 2.21. The van der Waals surface area contributed by atoms with Crippen molar-refractivity contribution in [2.24, 2.45) is 0 Å². The molecule has 0 fully saturated rings. The van der Waals surface area contributed by atoms with Crippen molar-refractivity contribution in [3.63, 3.8) is 0 Å². The number of rotatable bonds is 8. The van der Waals surface area contributed by atoms with E-state index >= 15 is 0 Å². The Balaban J connectivity index is 1.39. The number of carbonyl (C=O) groups excluding carboxylic acids is 2. The van der Waals surface area contributed by atoms with Crippen LogP contribution in [0.4, 0.5) is 0 Å². The van der Waals surface area contributed by atoms with Gasteiger partial charge in [-0.2, -0.15) is 16.3 Å². The minimum atomic E-state index is -0.534. The molecule has 0 saturated heterocycles. The molecular weight excluding hydrogens is 414 g/mol. The monoisotopic (exact) mass is 433 g/mol. The Bertz CT molecular complexity index is 1130. The molecule has 8 heteroatoms. The summed E-state index contributed by atoms with van der Waals surface area (Å²) in [7, 11) is 0. The number of hydrogen-bond acceptors (Lipinski definition) is 7. The summed E-state index contributed by atoms with van der Waals surface area (Å²) in [5.74, 6) is -0.0892. The van der Waals surface area contributed by atoms with Crippen LogP contribution in [0.2, 0.25) is 0 Å². The lowest BCUT2D eigenvalue weighted by Crippen LogP contribution is -2.30. The predicted octanol–water partition coefficient (Wildman–Crippen LogP) is 4.40. The van der Waals surface area contributed by atoms with Crippen molar-refractivity contribution >= 4 is 23.2 Å². The third kappa shape index (κ3) is 5.43. The van der Waals surface area contributed by atoms with Crippen molar-refractivity contribution < 1.29 is 18.8 Å². The largest absolute Gasteiger partial charge is 0.457 e.